The highest BCUT2D eigenvalue weighted by molar-refractivity contribution is 7.70. The standard InChI is InChI=1S/C24H31N9O12P2/c1-33(10-12-9-27-20-18(28-12)19(25)31-24(26)32-20)13-4-2-11(3-5-13)21(35)30-14(22(36)37)6-7-16(34)29-15(23(38)39)8-17(46(40,41)42)47(43,44)45/h2-5,9,14-15,17H,6-8,10H2,1H3,(H,29,34)(H,30,35)(H,36,37)(H,38,39)(H2,40,41,42)(H2,43,44,45)(H4,25,26,27,31,32)/t14-,15-/m0/s1. The molecule has 0 aliphatic rings. The zero-order valence-electron chi connectivity index (χ0n) is 24.4. The van der Waals surface area contributed by atoms with Gasteiger partial charge in [0.25, 0.3) is 5.91 Å². The number of rotatable bonds is 15. The number of fused-ring (bicyclic) bond motifs is 1. The number of amides is 2. The number of carbonyl (C=O) groups excluding carboxylic acids is 2. The number of anilines is 3. The van der Waals surface area contributed by atoms with E-state index in [0.717, 1.165) is 0 Å². The second-order valence-electron chi connectivity index (χ2n) is 10.2. The van der Waals surface area contributed by atoms with E-state index in [1.54, 1.807) is 24.1 Å². The molecule has 23 heteroatoms. The van der Waals surface area contributed by atoms with Crippen LogP contribution in [0.5, 0.6) is 0 Å². The second kappa shape index (κ2) is 14.8. The Hall–Kier alpha value is -4.78. The molecule has 47 heavy (non-hydrogen) atoms. The van der Waals surface area contributed by atoms with E-state index >= 15 is 0 Å². The topological polar surface area (TPSA) is 355 Å². The van der Waals surface area contributed by atoms with Crippen LogP contribution >= 0.6 is 15.2 Å². The number of benzene rings is 1. The zero-order valence-corrected chi connectivity index (χ0v) is 26.2. The van der Waals surface area contributed by atoms with Crippen molar-refractivity contribution < 1.29 is 58.1 Å². The van der Waals surface area contributed by atoms with Crippen LogP contribution in [0.4, 0.5) is 17.5 Å². The summed E-state index contributed by atoms with van der Waals surface area (Å²) in [4.78, 5) is 104. The lowest BCUT2D eigenvalue weighted by molar-refractivity contribution is -0.142. The Kier molecular flexibility index (Phi) is 11.5. The summed E-state index contributed by atoms with van der Waals surface area (Å²) in [6, 6.07) is 2.27. The molecular weight excluding hydrogens is 668 g/mol. The van der Waals surface area contributed by atoms with Crippen molar-refractivity contribution >= 4 is 67.6 Å². The minimum atomic E-state index is -5.48. The van der Waals surface area contributed by atoms with E-state index < -0.39 is 75.7 Å². The highest BCUT2D eigenvalue weighted by Gasteiger charge is 2.46. The van der Waals surface area contributed by atoms with Crippen LogP contribution in [-0.2, 0) is 30.1 Å². The van der Waals surface area contributed by atoms with Gasteiger partial charge >= 0.3 is 27.1 Å². The molecule has 2 atom stereocenters. The van der Waals surface area contributed by atoms with Crippen LogP contribution in [0.3, 0.4) is 0 Å². The maximum absolute atomic E-state index is 12.8. The average molecular weight is 700 g/mol. The van der Waals surface area contributed by atoms with E-state index in [9.17, 15) is 58.1 Å². The van der Waals surface area contributed by atoms with Crippen LogP contribution in [0.2, 0.25) is 0 Å². The summed E-state index contributed by atoms with van der Waals surface area (Å²) < 4.78 is 23.0. The molecule has 254 valence electrons. The average Bonchev–Trinajstić information content (AvgIpc) is 2.95. The third-order valence-corrected chi connectivity index (χ3v) is 10.4. The van der Waals surface area contributed by atoms with Crippen molar-refractivity contribution in [3.63, 3.8) is 0 Å². The first-order valence-electron chi connectivity index (χ1n) is 13.3. The molecule has 0 aliphatic heterocycles. The maximum Gasteiger partial charge on any atom is 0.340 e. The SMILES string of the molecule is CN(Cc1cnc2nc(N)nc(N)c2n1)c1ccc(C(=O)N[C@@H](CCC(=O)N[C@@H](CC(P(=O)(O)O)P(=O)(O)O)C(=O)O)C(=O)O)cc1. The number of aliphatic carboxylic acids is 2. The molecule has 21 nitrogen and oxygen atoms in total. The van der Waals surface area contributed by atoms with Gasteiger partial charge in [-0.05, 0) is 30.7 Å². The number of nitrogens with two attached hydrogens (primary N) is 2. The van der Waals surface area contributed by atoms with Gasteiger partial charge in [0, 0.05) is 31.1 Å². The fraction of sp³-hybridized carbons (Fsp3) is 0.333. The number of carbonyl (C=O) groups is 4. The lowest BCUT2D eigenvalue weighted by Gasteiger charge is -2.23. The Morgan fingerprint density at radius 3 is 2.04 bits per heavy atom. The van der Waals surface area contributed by atoms with Crippen LogP contribution < -0.4 is 27.0 Å². The largest absolute Gasteiger partial charge is 0.480 e. The van der Waals surface area contributed by atoms with Crippen molar-refractivity contribution in [2.75, 3.05) is 23.4 Å². The quantitative estimate of drug-likeness (QED) is 0.0835. The molecule has 3 aromatic rings. The van der Waals surface area contributed by atoms with Gasteiger partial charge in [0.15, 0.2) is 22.4 Å². The predicted octanol–water partition coefficient (Wildman–Crippen LogP) is -1.18. The van der Waals surface area contributed by atoms with Crippen LogP contribution in [0, 0.1) is 0 Å². The molecule has 0 bridgehead atoms. The van der Waals surface area contributed by atoms with Gasteiger partial charge in [-0.25, -0.2) is 19.6 Å². The summed E-state index contributed by atoms with van der Waals surface area (Å²) in [5, 5.41) is 20.3. The number of carboxylic acids is 2. The smallest absolute Gasteiger partial charge is 0.340 e. The molecule has 12 N–H and O–H groups in total. The van der Waals surface area contributed by atoms with Crippen molar-refractivity contribution in [1.29, 1.82) is 0 Å². The van der Waals surface area contributed by atoms with E-state index in [1.807, 2.05) is 5.32 Å². The third kappa shape index (κ3) is 10.1. The molecule has 3 rings (SSSR count). The molecule has 0 radical (unpaired) electrons. The Balaban J connectivity index is 1.60. The van der Waals surface area contributed by atoms with E-state index in [-0.39, 0.29) is 35.0 Å². The summed E-state index contributed by atoms with van der Waals surface area (Å²) in [5.41, 5.74) is 13.2. The fourth-order valence-corrected chi connectivity index (χ4v) is 6.74. The Bertz CT molecular complexity index is 1740. The monoisotopic (exact) mass is 699 g/mol. The van der Waals surface area contributed by atoms with E-state index in [1.165, 1.54) is 18.3 Å². The van der Waals surface area contributed by atoms with Gasteiger partial charge in [-0.15, -0.1) is 0 Å². The number of aromatic nitrogens is 4. The van der Waals surface area contributed by atoms with Gasteiger partial charge in [-0.1, -0.05) is 0 Å². The first-order chi connectivity index (χ1) is 21.8. The van der Waals surface area contributed by atoms with Crippen molar-refractivity contribution in [2.24, 2.45) is 0 Å². The molecule has 2 heterocycles. The lowest BCUT2D eigenvalue weighted by atomic mass is 10.1. The molecule has 1 aromatic carbocycles. The maximum atomic E-state index is 12.8. The number of carboxylic acid groups (broad SMARTS) is 2. The first kappa shape index (κ1) is 36.7. The highest BCUT2D eigenvalue weighted by Crippen LogP contribution is 2.61. The fourth-order valence-electron chi connectivity index (χ4n) is 4.20. The number of nitrogens with one attached hydrogen (secondary N) is 2. The molecular formula is C24H31N9O12P2. The van der Waals surface area contributed by atoms with E-state index in [4.69, 9.17) is 11.5 Å². The van der Waals surface area contributed by atoms with Crippen LogP contribution in [-0.4, -0.2) is 98.0 Å². The molecule has 0 saturated heterocycles. The summed E-state index contributed by atoms with van der Waals surface area (Å²) >= 11 is 0. The summed E-state index contributed by atoms with van der Waals surface area (Å²) in [5.74, 6) is -5.27. The number of hydrogen-bond acceptors (Lipinski definition) is 13. The summed E-state index contributed by atoms with van der Waals surface area (Å²) in [6.45, 7) is 0.267. The molecule has 0 spiro atoms. The molecule has 0 aliphatic carbocycles. The molecule has 2 aromatic heterocycles. The summed E-state index contributed by atoms with van der Waals surface area (Å²) in [6.07, 6.45) is -1.03. The van der Waals surface area contributed by atoms with Crippen LogP contribution in [0.25, 0.3) is 11.2 Å². The Morgan fingerprint density at radius 2 is 1.49 bits per heavy atom. The van der Waals surface area contributed by atoms with Gasteiger partial charge < -0.3 is 56.8 Å². The Labute approximate surface area is 264 Å². The van der Waals surface area contributed by atoms with Crippen molar-refractivity contribution in [1.82, 2.24) is 30.6 Å². The van der Waals surface area contributed by atoms with Gasteiger partial charge in [-0.3, -0.25) is 18.7 Å². The number of nitrogens with zero attached hydrogens (tertiary/aromatic N) is 5. The molecule has 0 saturated carbocycles. The van der Waals surface area contributed by atoms with Crippen molar-refractivity contribution in [3.05, 3.63) is 41.7 Å². The zero-order chi connectivity index (χ0) is 35.3. The van der Waals surface area contributed by atoms with Gasteiger partial charge in [0.05, 0.1) is 18.4 Å². The molecule has 0 unspecified atom stereocenters. The Morgan fingerprint density at radius 1 is 0.894 bits per heavy atom. The molecule has 0 fully saturated rings. The first-order valence-corrected chi connectivity index (χ1v) is 16.6. The van der Waals surface area contributed by atoms with Gasteiger partial charge in [0.1, 0.15) is 12.1 Å². The number of hydrogen-bond donors (Lipinski definition) is 10. The van der Waals surface area contributed by atoms with E-state index in [2.05, 4.69) is 25.3 Å². The third-order valence-electron chi connectivity index (χ3n) is 6.59. The number of nitrogen functional groups attached to an aromatic ring is 2. The minimum absolute atomic E-state index is 0.0400. The minimum Gasteiger partial charge on any atom is -0.480 e. The van der Waals surface area contributed by atoms with Crippen molar-refractivity contribution in [3.8, 4) is 0 Å². The van der Waals surface area contributed by atoms with Gasteiger partial charge in [-0.2, -0.15) is 9.97 Å². The normalized spacial score (nSPS) is 13.1. The van der Waals surface area contributed by atoms with E-state index in [0.29, 0.717) is 11.4 Å². The lowest BCUT2D eigenvalue weighted by Crippen LogP contribution is -2.45. The van der Waals surface area contributed by atoms with Gasteiger partial charge in [0.2, 0.25) is 11.9 Å². The van der Waals surface area contributed by atoms with Crippen LogP contribution in [0.1, 0.15) is 35.3 Å². The molecule has 2 amide bonds. The summed E-state index contributed by atoms with van der Waals surface area (Å²) in [7, 11) is -9.23. The highest BCUT2D eigenvalue weighted by atomic mass is 31.2. The predicted molar refractivity (Wildman–Crippen MR) is 163 cm³/mol. The van der Waals surface area contributed by atoms with Crippen molar-refractivity contribution in [2.45, 2.75) is 43.3 Å². The second-order valence-corrected chi connectivity index (χ2v) is 14.2. The van der Waals surface area contributed by atoms with Crippen LogP contribution in [0.15, 0.2) is 30.5 Å².